The smallest absolute Gasteiger partial charge is 0.141 e. The summed E-state index contributed by atoms with van der Waals surface area (Å²) in [5.41, 5.74) is 6.25. The Morgan fingerprint density at radius 1 is 0.833 bits per heavy atom. The Morgan fingerprint density at radius 3 is 2.33 bits per heavy atom. The lowest BCUT2D eigenvalue weighted by Gasteiger charge is -2.05. The number of aromatic amines is 2. The van der Waals surface area contributed by atoms with Gasteiger partial charge in [-0.3, -0.25) is 9.97 Å². The van der Waals surface area contributed by atoms with Gasteiger partial charge in [0.1, 0.15) is 11.6 Å². The molecule has 0 fully saturated rings. The number of H-pyrrole nitrogens is 2. The minimum absolute atomic E-state index is 0.223. The van der Waals surface area contributed by atoms with Crippen LogP contribution >= 0.6 is 0 Å². The first kappa shape index (κ1) is 17.1. The van der Waals surface area contributed by atoms with E-state index in [2.05, 4.69) is 33.8 Å². The predicted molar refractivity (Wildman–Crippen MR) is 118 cm³/mol. The van der Waals surface area contributed by atoms with Crippen molar-refractivity contribution in [2.24, 2.45) is 0 Å². The van der Waals surface area contributed by atoms with Crippen molar-refractivity contribution >= 4 is 43.7 Å². The molecule has 5 nitrogen and oxygen atoms in total. The fraction of sp³-hybridized carbons (Fsp3) is 0.125. The molecule has 146 valence electrons. The number of nitrogens with zero attached hydrogens (tertiary/aromatic N) is 3. The molecule has 0 saturated carbocycles. The summed E-state index contributed by atoms with van der Waals surface area (Å²) in [5, 5.41) is 2.73. The van der Waals surface area contributed by atoms with Crippen LogP contribution in [-0.4, -0.2) is 24.9 Å². The molecule has 6 aromatic rings. The van der Waals surface area contributed by atoms with Crippen LogP contribution in [0.5, 0.6) is 0 Å². The number of benzene rings is 2. The van der Waals surface area contributed by atoms with Crippen molar-refractivity contribution in [1.82, 2.24) is 24.9 Å². The highest BCUT2D eigenvalue weighted by atomic mass is 19.1. The van der Waals surface area contributed by atoms with Crippen LogP contribution in [0.4, 0.5) is 4.39 Å². The number of pyridine rings is 2. The normalized spacial score (nSPS) is 12.1. The summed E-state index contributed by atoms with van der Waals surface area (Å²) >= 11 is 0. The van der Waals surface area contributed by atoms with E-state index in [1.165, 1.54) is 6.07 Å². The van der Waals surface area contributed by atoms with Gasteiger partial charge in [-0.25, -0.2) is 9.37 Å². The molecule has 4 heterocycles. The maximum absolute atomic E-state index is 14.1. The van der Waals surface area contributed by atoms with Gasteiger partial charge in [0.05, 0.1) is 22.1 Å². The summed E-state index contributed by atoms with van der Waals surface area (Å²) in [5.74, 6) is 0.672. The quantitative estimate of drug-likeness (QED) is 0.350. The number of halogens is 1. The summed E-state index contributed by atoms with van der Waals surface area (Å²) in [6.45, 7) is 4.23. The summed E-state index contributed by atoms with van der Waals surface area (Å²) < 4.78 is 14.1. The van der Waals surface area contributed by atoms with Crippen LogP contribution in [0.2, 0.25) is 0 Å². The zero-order chi connectivity index (χ0) is 20.4. The lowest BCUT2D eigenvalue weighted by atomic mass is 10.0. The fourth-order valence-corrected chi connectivity index (χ4v) is 4.34. The largest absolute Gasteiger partial charge is 0.358 e. The van der Waals surface area contributed by atoms with Gasteiger partial charge in [-0.2, -0.15) is 0 Å². The highest BCUT2D eigenvalue weighted by Crippen LogP contribution is 2.38. The summed E-state index contributed by atoms with van der Waals surface area (Å²) in [4.78, 5) is 21.1. The third kappa shape index (κ3) is 2.30. The molecular formula is C24H18FN5. The van der Waals surface area contributed by atoms with Crippen LogP contribution in [0.1, 0.15) is 25.5 Å². The Morgan fingerprint density at radius 2 is 1.57 bits per heavy atom. The molecule has 0 unspecified atom stereocenters. The van der Waals surface area contributed by atoms with Crippen molar-refractivity contribution in [3.8, 4) is 11.4 Å². The molecule has 30 heavy (non-hydrogen) atoms. The molecule has 2 N–H and O–H groups in total. The Balaban J connectivity index is 1.78. The average molecular weight is 395 g/mol. The molecule has 0 spiro atoms. The standard InChI is InChI=1S/C24H18FN5/c1-12(2)19-18(16-11-13(25)7-8-17(16)28-19)24-29-22-14-5-3-9-26-20(14)21-15(23(22)30-24)6-4-10-27-21/h3-12,28H,1-2H3,(H,29,30). The molecule has 0 aliphatic rings. The maximum Gasteiger partial charge on any atom is 0.141 e. The van der Waals surface area contributed by atoms with Crippen LogP contribution in [0.3, 0.4) is 0 Å². The van der Waals surface area contributed by atoms with Crippen molar-refractivity contribution in [1.29, 1.82) is 0 Å². The van der Waals surface area contributed by atoms with Crippen molar-refractivity contribution in [2.75, 3.05) is 0 Å². The third-order valence-corrected chi connectivity index (χ3v) is 5.67. The first-order chi connectivity index (χ1) is 14.6. The molecule has 0 saturated heterocycles. The predicted octanol–water partition coefficient (Wildman–Crippen LogP) is 6.07. The number of imidazole rings is 1. The van der Waals surface area contributed by atoms with E-state index in [1.54, 1.807) is 24.5 Å². The van der Waals surface area contributed by atoms with E-state index < -0.39 is 0 Å². The number of rotatable bonds is 2. The number of hydrogen-bond donors (Lipinski definition) is 2. The molecule has 6 heteroatoms. The minimum Gasteiger partial charge on any atom is -0.358 e. The monoisotopic (exact) mass is 395 g/mol. The van der Waals surface area contributed by atoms with Crippen LogP contribution in [0.25, 0.3) is 55.1 Å². The zero-order valence-corrected chi connectivity index (χ0v) is 16.5. The van der Waals surface area contributed by atoms with Gasteiger partial charge in [0.25, 0.3) is 0 Å². The average Bonchev–Trinajstić information content (AvgIpc) is 3.35. The van der Waals surface area contributed by atoms with E-state index in [-0.39, 0.29) is 11.7 Å². The summed E-state index contributed by atoms with van der Waals surface area (Å²) in [7, 11) is 0. The van der Waals surface area contributed by atoms with E-state index >= 15 is 0 Å². The first-order valence-corrected chi connectivity index (χ1v) is 9.94. The number of aromatic nitrogens is 5. The fourth-order valence-electron chi connectivity index (χ4n) is 4.34. The second-order valence-electron chi connectivity index (χ2n) is 7.87. The second kappa shape index (κ2) is 6.10. The van der Waals surface area contributed by atoms with Crippen molar-refractivity contribution in [3.63, 3.8) is 0 Å². The first-order valence-electron chi connectivity index (χ1n) is 9.94. The molecule has 4 aromatic heterocycles. The van der Waals surface area contributed by atoms with Crippen LogP contribution in [-0.2, 0) is 0 Å². The molecule has 0 radical (unpaired) electrons. The molecule has 2 aromatic carbocycles. The molecule has 0 amide bonds. The zero-order valence-electron chi connectivity index (χ0n) is 16.5. The molecule has 0 aliphatic heterocycles. The number of hydrogen-bond acceptors (Lipinski definition) is 3. The minimum atomic E-state index is -0.265. The van der Waals surface area contributed by atoms with Crippen molar-refractivity contribution in [2.45, 2.75) is 19.8 Å². The van der Waals surface area contributed by atoms with Gasteiger partial charge >= 0.3 is 0 Å². The van der Waals surface area contributed by atoms with Crippen molar-refractivity contribution < 1.29 is 4.39 Å². The highest BCUT2D eigenvalue weighted by molar-refractivity contribution is 6.21. The van der Waals surface area contributed by atoms with Gasteiger partial charge in [-0.15, -0.1) is 0 Å². The lowest BCUT2D eigenvalue weighted by Crippen LogP contribution is -1.92. The van der Waals surface area contributed by atoms with E-state index in [0.29, 0.717) is 5.82 Å². The highest BCUT2D eigenvalue weighted by Gasteiger charge is 2.21. The Labute approximate surface area is 171 Å². The van der Waals surface area contributed by atoms with Crippen molar-refractivity contribution in [3.05, 3.63) is 66.4 Å². The maximum atomic E-state index is 14.1. The Kier molecular flexibility index (Phi) is 3.47. The summed E-state index contributed by atoms with van der Waals surface area (Å²) in [6.07, 6.45) is 3.55. The van der Waals surface area contributed by atoms with E-state index in [9.17, 15) is 4.39 Å². The molecule has 0 atom stereocenters. The van der Waals surface area contributed by atoms with Gasteiger partial charge in [0.15, 0.2) is 0 Å². The van der Waals surface area contributed by atoms with Gasteiger partial charge in [0, 0.05) is 45.3 Å². The summed E-state index contributed by atoms with van der Waals surface area (Å²) in [6, 6.07) is 12.7. The number of fused-ring (bicyclic) bond motifs is 7. The van der Waals surface area contributed by atoms with Crippen LogP contribution in [0, 0.1) is 5.82 Å². The Hall–Kier alpha value is -3.80. The molecule has 0 bridgehead atoms. The Bertz CT molecular complexity index is 1520. The van der Waals surface area contributed by atoms with E-state index in [0.717, 1.165) is 55.0 Å². The van der Waals surface area contributed by atoms with Gasteiger partial charge in [0.2, 0.25) is 0 Å². The number of nitrogens with one attached hydrogen (secondary N) is 2. The SMILES string of the molecule is CC(C)c1[nH]c2ccc(F)cc2c1-c1nc2c3cccnc3c3ncccc3c2[nH]1. The van der Waals surface area contributed by atoms with E-state index in [1.807, 2.05) is 24.3 Å². The van der Waals surface area contributed by atoms with Crippen LogP contribution < -0.4 is 0 Å². The van der Waals surface area contributed by atoms with Gasteiger partial charge < -0.3 is 9.97 Å². The topological polar surface area (TPSA) is 70.2 Å². The molecule has 6 rings (SSSR count). The van der Waals surface area contributed by atoms with E-state index in [4.69, 9.17) is 4.98 Å². The lowest BCUT2D eigenvalue weighted by molar-refractivity contribution is 0.630. The second-order valence-corrected chi connectivity index (χ2v) is 7.87. The third-order valence-electron chi connectivity index (χ3n) is 5.67. The molecular weight excluding hydrogens is 377 g/mol. The van der Waals surface area contributed by atoms with Crippen LogP contribution in [0.15, 0.2) is 54.9 Å². The van der Waals surface area contributed by atoms with Gasteiger partial charge in [-0.05, 0) is 48.4 Å². The molecule has 0 aliphatic carbocycles. The van der Waals surface area contributed by atoms with Gasteiger partial charge in [-0.1, -0.05) is 13.8 Å².